The number of carbonyl (C=O) groups excluding carboxylic acids is 1. The summed E-state index contributed by atoms with van der Waals surface area (Å²) in [4.78, 5) is 15.0. The molecular weight excluding hydrogens is 439 g/mol. The zero-order chi connectivity index (χ0) is 21.9. The van der Waals surface area contributed by atoms with Crippen molar-refractivity contribution >= 4 is 27.5 Å². The van der Waals surface area contributed by atoms with Crippen LogP contribution in [0.4, 0.5) is 13.2 Å². The third-order valence-electron chi connectivity index (χ3n) is 4.55. The van der Waals surface area contributed by atoms with Gasteiger partial charge in [-0.1, -0.05) is 30.3 Å². The van der Waals surface area contributed by atoms with Gasteiger partial charge in [0, 0.05) is 29.3 Å². The molecule has 162 valence electrons. The Labute approximate surface area is 177 Å². The molecule has 0 bridgehead atoms. The second kappa shape index (κ2) is 8.89. The largest absolute Gasteiger partial charge is 0.573 e. The monoisotopic (exact) mass is 459 g/mol. The Hall–Kier alpha value is -2.20. The number of alkyl halides is 3. The molecule has 10 heteroatoms. The van der Waals surface area contributed by atoms with Crippen LogP contribution in [0.25, 0.3) is 0 Å². The molecule has 1 aliphatic heterocycles. The Morgan fingerprint density at radius 2 is 1.83 bits per heavy atom. The van der Waals surface area contributed by atoms with Gasteiger partial charge >= 0.3 is 6.36 Å². The van der Waals surface area contributed by atoms with E-state index in [1.807, 2.05) is 0 Å². The van der Waals surface area contributed by atoms with E-state index in [1.54, 1.807) is 30.3 Å². The molecule has 3 rings (SSSR count). The Balaban J connectivity index is 1.76. The summed E-state index contributed by atoms with van der Waals surface area (Å²) in [5, 5.41) is -0.129. The van der Waals surface area contributed by atoms with Crippen LogP contribution in [-0.4, -0.2) is 49.4 Å². The highest BCUT2D eigenvalue weighted by Gasteiger charge is 2.32. The van der Waals surface area contributed by atoms with Crippen molar-refractivity contribution in [2.24, 2.45) is 0 Å². The fourth-order valence-corrected chi connectivity index (χ4v) is 6.79. The van der Waals surface area contributed by atoms with Gasteiger partial charge in [0.05, 0.1) is 17.1 Å². The van der Waals surface area contributed by atoms with Gasteiger partial charge in [0.1, 0.15) is 5.75 Å². The number of rotatable bonds is 6. The molecule has 1 aliphatic rings. The fourth-order valence-electron chi connectivity index (χ4n) is 3.17. The van der Waals surface area contributed by atoms with E-state index in [1.165, 1.54) is 41.9 Å². The Morgan fingerprint density at radius 1 is 1.17 bits per heavy atom. The minimum absolute atomic E-state index is 0.0676. The first kappa shape index (κ1) is 22.5. The van der Waals surface area contributed by atoms with Gasteiger partial charge in [-0.2, -0.15) is 0 Å². The quantitative estimate of drug-likeness (QED) is 0.650. The van der Waals surface area contributed by atoms with Gasteiger partial charge in [-0.25, -0.2) is 8.42 Å². The molecular formula is C20H20F3NO4S2. The Morgan fingerprint density at radius 3 is 2.50 bits per heavy atom. The second-order valence-electron chi connectivity index (χ2n) is 6.96. The predicted octanol–water partition coefficient (Wildman–Crippen LogP) is 4.14. The van der Waals surface area contributed by atoms with Crippen molar-refractivity contribution in [2.75, 3.05) is 18.6 Å². The molecule has 1 unspecified atom stereocenters. The molecule has 1 saturated heterocycles. The number of benzene rings is 2. The lowest BCUT2D eigenvalue weighted by Gasteiger charge is -2.21. The van der Waals surface area contributed by atoms with Crippen LogP contribution in [-0.2, 0) is 16.4 Å². The average molecular weight is 460 g/mol. The van der Waals surface area contributed by atoms with Crippen LogP contribution in [0, 0.1) is 0 Å². The normalized spacial score (nSPS) is 18.2. The van der Waals surface area contributed by atoms with E-state index >= 15 is 0 Å². The molecule has 1 fully saturated rings. The van der Waals surface area contributed by atoms with Crippen LogP contribution in [0.1, 0.15) is 22.3 Å². The molecule has 0 spiro atoms. The van der Waals surface area contributed by atoms with Crippen LogP contribution < -0.4 is 4.74 Å². The number of para-hydroxylation sites is 1. The van der Waals surface area contributed by atoms with E-state index in [0.29, 0.717) is 16.9 Å². The molecule has 2 aromatic carbocycles. The van der Waals surface area contributed by atoms with Gasteiger partial charge in [0.2, 0.25) is 0 Å². The van der Waals surface area contributed by atoms with Crippen molar-refractivity contribution in [1.29, 1.82) is 0 Å². The lowest BCUT2D eigenvalue weighted by atomic mass is 10.1. The summed E-state index contributed by atoms with van der Waals surface area (Å²) in [6, 6.07) is 12.5. The van der Waals surface area contributed by atoms with Crippen LogP contribution in [0.15, 0.2) is 53.4 Å². The first-order valence-electron chi connectivity index (χ1n) is 9.09. The molecule has 2 aromatic rings. The lowest BCUT2D eigenvalue weighted by Crippen LogP contribution is -2.27. The number of nitrogens with zero attached hydrogens (tertiary/aromatic N) is 1. The maximum absolute atomic E-state index is 13.0. The summed E-state index contributed by atoms with van der Waals surface area (Å²) in [5.74, 6) is -0.529. The molecule has 1 heterocycles. The maximum atomic E-state index is 13.0. The average Bonchev–Trinajstić information content (AvgIpc) is 3.00. The highest BCUT2D eigenvalue weighted by Crippen LogP contribution is 2.34. The number of hydrogen-bond donors (Lipinski definition) is 0. The van der Waals surface area contributed by atoms with Crippen molar-refractivity contribution in [2.45, 2.75) is 29.5 Å². The van der Waals surface area contributed by atoms with E-state index in [2.05, 4.69) is 4.74 Å². The molecule has 30 heavy (non-hydrogen) atoms. The molecule has 1 amide bonds. The molecule has 0 aliphatic carbocycles. The SMILES string of the molecule is CN(Cc1ccccc1OC(F)(F)F)C(=O)c1ccccc1SC1CCS(=O)(=O)C1. The van der Waals surface area contributed by atoms with Crippen LogP contribution in [0.3, 0.4) is 0 Å². The number of sulfone groups is 1. The summed E-state index contributed by atoms with van der Waals surface area (Å²) in [6.07, 6.45) is -4.31. The number of hydrogen-bond acceptors (Lipinski definition) is 5. The molecule has 5 nitrogen and oxygen atoms in total. The summed E-state index contributed by atoms with van der Waals surface area (Å²) in [5.41, 5.74) is 0.598. The van der Waals surface area contributed by atoms with Crippen molar-refractivity contribution < 1.29 is 31.1 Å². The smallest absolute Gasteiger partial charge is 0.405 e. The number of ether oxygens (including phenoxy) is 1. The minimum Gasteiger partial charge on any atom is -0.405 e. The molecule has 0 radical (unpaired) electrons. The first-order chi connectivity index (χ1) is 14.0. The highest BCUT2D eigenvalue weighted by atomic mass is 32.2. The van der Waals surface area contributed by atoms with Crippen molar-refractivity contribution in [1.82, 2.24) is 4.90 Å². The summed E-state index contributed by atoms with van der Waals surface area (Å²) in [6.45, 7) is -0.0815. The van der Waals surface area contributed by atoms with Crippen molar-refractivity contribution in [3.63, 3.8) is 0 Å². The van der Waals surface area contributed by atoms with Crippen LogP contribution in [0.5, 0.6) is 5.75 Å². The third kappa shape index (κ3) is 5.91. The predicted molar refractivity (Wildman–Crippen MR) is 108 cm³/mol. The minimum atomic E-state index is -4.83. The highest BCUT2D eigenvalue weighted by molar-refractivity contribution is 8.02. The Bertz CT molecular complexity index is 1020. The fraction of sp³-hybridized carbons (Fsp3) is 0.350. The summed E-state index contributed by atoms with van der Waals surface area (Å²) in [7, 11) is -1.55. The lowest BCUT2D eigenvalue weighted by molar-refractivity contribution is -0.275. The van der Waals surface area contributed by atoms with Crippen molar-refractivity contribution in [3.05, 3.63) is 59.7 Å². The van der Waals surface area contributed by atoms with Gasteiger partial charge in [-0.3, -0.25) is 4.79 Å². The van der Waals surface area contributed by atoms with E-state index in [9.17, 15) is 26.4 Å². The van der Waals surface area contributed by atoms with Gasteiger partial charge in [-0.05, 0) is 24.6 Å². The second-order valence-corrected chi connectivity index (χ2v) is 10.5. The molecule has 0 N–H and O–H groups in total. The Kier molecular flexibility index (Phi) is 6.66. The zero-order valence-electron chi connectivity index (χ0n) is 16.1. The number of thioether (sulfide) groups is 1. The molecule has 1 atom stereocenters. The van der Waals surface area contributed by atoms with E-state index in [4.69, 9.17) is 0 Å². The van der Waals surface area contributed by atoms with Crippen LogP contribution >= 0.6 is 11.8 Å². The standard InChI is InChI=1S/C20H20F3NO4S2/c1-24(12-14-6-2-4-8-17(14)28-20(21,22)23)19(25)16-7-3-5-9-18(16)29-15-10-11-30(26,27)13-15/h2-9,15H,10-13H2,1H3. The van der Waals surface area contributed by atoms with E-state index < -0.39 is 16.2 Å². The number of carbonyl (C=O) groups is 1. The summed E-state index contributed by atoms with van der Waals surface area (Å²) < 4.78 is 65.4. The maximum Gasteiger partial charge on any atom is 0.573 e. The molecule has 0 aromatic heterocycles. The van der Waals surface area contributed by atoms with E-state index in [0.717, 1.165) is 0 Å². The van der Waals surface area contributed by atoms with Gasteiger partial charge in [0.15, 0.2) is 9.84 Å². The topological polar surface area (TPSA) is 63.7 Å². The third-order valence-corrected chi connectivity index (χ3v) is 7.88. The van der Waals surface area contributed by atoms with Gasteiger partial charge in [-0.15, -0.1) is 24.9 Å². The van der Waals surface area contributed by atoms with Gasteiger partial charge < -0.3 is 9.64 Å². The summed E-state index contributed by atoms with van der Waals surface area (Å²) >= 11 is 1.34. The van der Waals surface area contributed by atoms with E-state index in [-0.39, 0.29) is 40.5 Å². The molecule has 0 saturated carbocycles. The zero-order valence-corrected chi connectivity index (χ0v) is 17.7. The van der Waals surface area contributed by atoms with Crippen LogP contribution in [0.2, 0.25) is 0 Å². The van der Waals surface area contributed by atoms with Crippen molar-refractivity contribution in [3.8, 4) is 5.75 Å². The number of halogens is 3. The first-order valence-corrected chi connectivity index (χ1v) is 11.8. The van der Waals surface area contributed by atoms with Gasteiger partial charge in [0.25, 0.3) is 5.91 Å². The number of amides is 1.